The molecule has 1 saturated heterocycles. The molecule has 1 fully saturated rings. The predicted molar refractivity (Wildman–Crippen MR) is 149 cm³/mol. The van der Waals surface area contributed by atoms with Crippen molar-refractivity contribution in [2.75, 3.05) is 29.4 Å². The summed E-state index contributed by atoms with van der Waals surface area (Å²) < 4.78 is 2.23. The third-order valence-electron chi connectivity index (χ3n) is 7.32. The van der Waals surface area contributed by atoms with Crippen molar-refractivity contribution in [2.45, 2.75) is 26.8 Å². The Morgan fingerprint density at radius 1 is 0.806 bits per heavy atom. The lowest BCUT2D eigenvalue weighted by atomic mass is 10.1. The number of aryl methyl sites for hydroxylation is 2. The van der Waals surface area contributed by atoms with Crippen LogP contribution in [-0.4, -0.2) is 40.2 Å². The second-order valence-corrected chi connectivity index (χ2v) is 9.79. The molecule has 180 valence electrons. The van der Waals surface area contributed by atoms with E-state index in [1.807, 2.05) is 0 Å². The van der Waals surface area contributed by atoms with Crippen molar-refractivity contribution >= 4 is 22.5 Å². The summed E-state index contributed by atoms with van der Waals surface area (Å²) in [6.45, 7) is 9.37. The lowest BCUT2D eigenvalue weighted by Crippen LogP contribution is -2.52. The molecule has 0 spiro atoms. The monoisotopic (exact) mass is 473 g/mol. The third kappa shape index (κ3) is 3.91. The van der Waals surface area contributed by atoms with E-state index in [0.29, 0.717) is 6.04 Å². The highest BCUT2D eigenvalue weighted by Gasteiger charge is 2.28. The highest BCUT2D eigenvalue weighted by atomic mass is 15.3. The summed E-state index contributed by atoms with van der Waals surface area (Å²) in [6, 6.07) is 28.3. The standard InChI is InChI=1S/C31H31N5/c1-22-13-15-26(16-14-22)35-18-17-34(19-24(35)3)30-29-27(25-10-5-4-6-11-25)20-36(31(29)33-21-32-30)28-12-8-7-9-23(28)2/h4-16,20-21,24H,17-19H2,1-3H3/t24-/m1/s1. The van der Waals surface area contributed by atoms with Crippen LogP contribution >= 0.6 is 0 Å². The van der Waals surface area contributed by atoms with Crippen molar-refractivity contribution in [3.63, 3.8) is 0 Å². The fraction of sp³-hybridized carbons (Fsp3) is 0.226. The van der Waals surface area contributed by atoms with Crippen molar-refractivity contribution in [1.82, 2.24) is 14.5 Å². The number of nitrogens with zero attached hydrogens (tertiary/aromatic N) is 5. The summed E-state index contributed by atoms with van der Waals surface area (Å²) >= 11 is 0. The Morgan fingerprint density at radius 3 is 2.31 bits per heavy atom. The Bertz CT molecular complexity index is 1500. The van der Waals surface area contributed by atoms with Gasteiger partial charge in [-0.1, -0.05) is 66.2 Å². The molecule has 2 aromatic heterocycles. The zero-order valence-corrected chi connectivity index (χ0v) is 21.1. The average Bonchev–Trinajstić information content (AvgIpc) is 3.30. The summed E-state index contributed by atoms with van der Waals surface area (Å²) in [5, 5.41) is 1.11. The molecule has 1 aliphatic rings. The normalized spacial score (nSPS) is 16.0. The number of para-hydroxylation sites is 1. The molecule has 5 nitrogen and oxygen atoms in total. The number of anilines is 2. The maximum atomic E-state index is 4.87. The van der Waals surface area contributed by atoms with Crippen LogP contribution in [0.5, 0.6) is 0 Å². The number of piperazine rings is 1. The van der Waals surface area contributed by atoms with Crippen LogP contribution in [0.1, 0.15) is 18.1 Å². The Hall–Kier alpha value is -4.12. The lowest BCUT2D eigenvalue weighted by molar-refractivity contribution is 0.548. The molecule has 36 heavy (non-hydrogen) atoms. The number of fused-ring (bicyclic) bond motifs is 1. The second kappa shape index (κ2) is 9.15. The molecule has 1 aliphatic heterocycles. The van der Waals surface area contributed by atoms with Gasteiger partial charge in [-0.25, -0.2) is 9.97 Å². The van der Waals surface area contributed by atoms with Crippen LogP contribution in [0, 0.1) is 13.8 Å². The van der Waals surface area contributed by atoms with Crippen LogP contribution in [0.25, 0.3) is 27.8 Å². The molecule has 0 aliphatic carbocycles. The van der Waals surface area contributed by atoms with Crippen molar-refractivity contribution < 1.29 is 0 Å². The molecule has 3 heterocycles. The van der Waals surface area contributed by atoms with E-state index < -0.39 is 0 Å². The van der Waals surface area contributed by atoms with Crippen LogP contribution in [0.2, 0.25) is 0 Å². The van der Waals surface area contributed by atoms with Gasteiger partial charge in [0.15, 0.2) is 5.65 Å². The van der Waals surface area contributed by atoms with Gasteiger partial charge in [-0.3, -0.25) is 0 Å². The van der Waals surface area contributed by atoms with Gasteiger partial charge in [0.25, 0.3) is 0 Å². The van der Waals surface area contributed by atoms with Crippen LogP contribution in [0.4, 0.5) is 11.5 Å². The first-order valence-electron chi connectivity index (χ1n) is 12.7. The lowest BCUT2D eigenvalue weighted by Gasteiger charge is -2.42. The second-order valence-electron chi connectivity index (χ2n) is 9.79. The fourth-order valence-electron chi connectivity index (χ4n) is 5.41. The number of hydrogen-bond acceptors (Lipinski definition) is 4. The molecule has 0 saturated carbocycles. The minimum absolute atomic E-state index is 0.366. The molecule has 0 radical (unpaired) electrons. The van der Waals surface area contributed by atoms with Crippen molar-refractivity contribution in [2.24, 2.45) is 0 Å². The Kier molecular flexibility index (Phi) is 5.68. The minimum atomic E-state index is 0.366. The highest BCUT2D eigenvalue weighted by Crippen LogP contribution is 2.38. The summed E-state index contributed by atoms with van der Waals surface area (Å²) in [5.74, 6) is 1.02. The zero-order valence-electron chi connectivity index (χ0n) is 21.1. The van der Waals surface area contributed by atoms with E-state index in [9.17, 15) is 0 Å². The molecule has 6 rings (SSSR count). The molecule has 3 aromatic carbocycles. The zero-order chi connectivity index (χ0) is 24.6. The van der Waals surface area contributed by atoms with E-state index in [1.165, 1.54) is 22.4 Å². The van der Waals surface area contributed by atoms with Gasteiger partial charge in [0.2, 0.25) is 0 Å². The molecule has 0 amide bonds. The smallest absolute Gasteiger partial charge is 0.150 e. The summed E-state index contributed by atoms with van der Waals surface area (Å²) in [5.41, 5.74) is 8.23. The largest absolute Gasteiger partial charge is 0.365 e. The van der Waals surface area contributed by atoms with Crippen LogP contribution < -0.4 is 9.80 Å². The Labute approximate surface area is 212 Å². The molecular formula is C31H31N5. The van der Waals surface area contributed by atoms with Gasteiger partial charge in [0.05, 0.1) is 5.39 Å². The number of benzene rings is 3. The predicted octanol–water partition coefficient (Wildman–Crippen LogP) is 6.42. The first kappa shape index (κ1) is 22.4. The quantitative estimate of drug-likeness (QED) is 0.302. The maximum Gasteiger partial charge on any atom is 0.150 e. The summed E-state index contributed by atoms with van der Waals surface area (Å²) in [7, 11) is 0. The minimum Gasteiger partial charge on any atom is -0.365 e. The van der Waals surface area contributed by atoms with Gasteiger partial charge < -0.3 is 14.4 Å². The Morgan fingerprint density at radius 2 is 1.56 bits per heavy atom. The maximum absolute atomic E-state index is 4.87. The summed E-state index contributed by atoms with van der Waals surface area (Å²) in [6.07, 6.45) is 3.95. The van der Waals surface area contributed by atoms with E-state index in [1.54, 1.807) is 6.33 Å². The Balaban J connectivity index is 1.45. The van der Waals surface area contributed by atoms with Gasteiger partial charge in [-0.05, 0) is 50.1 Å². The summed E-state index contributed by atoms with van der Waals surface area (Å²) in [4.78, 5) is 14.6. The van der Waals surface area contributed by atoms with E-state index in [4.69, 9.17) is 9.97 Å². The third-order valence-corrected chi connectivity index (χ3v) is 7.32. The van der Waals surface area contributed by atoms with Gasteiger partial charge >= 0.3 is 0 Å². The molecule has 5 heteroatoms. The van der Waals surface area contributed by atoms with Gasteiger partial charge in [0.1, 0.15) is 12.1 Å². The van der Waals surface area contributed by atoms with Gasteiger partial charge in [-0.15, -0.1) is 0 Å². The number of rotatable bonds is 4. The van der Waals surface area contributed by atoms with Crippen LogP contribution in [0.15, 0.2) is 91.4 Å². The van der Waals surface area contributed by atoms with E-state index in [0.717, 1.165) is 47.7 Å². The van der Waals surface area contributed by atoms with Crippen LogP contribution in [-0.2, 0) is 0 Å². The first-order chi connectivity index (χ1) is 17.6. The van der Waals surface area contributed by atoms with E-state index in [2.05, 4.69) is 120 Å². The molecule has 5 aromatic rings. The molecule has 0 bridgehead atoms. The van der Waals surface area contributed by atoms with Crippen LogP contribution in [0.3, 0.4) is 0 Å². The topological polar surface area (TPSA) is 37.2 Å². The van der Waals surface area contributed by atoms with Gasteiger partial charge in [-0.2, -0.15) is 0 Å². The molecule has 0 unspecified atom stereocenters. The van der Waals surface area contributed by atoms with Crippen molar-refractivity contribution in [1.29, 1.82) is 0 Å². The molecular weight excluding hydrogens is 442 g/mol. The fourth-order valence-corrected chi connectivity index (χ4v) is 5.41. The van der Waals surface area contributed by atoms with Gasteiger partial charge in [0, 0.05) is 48.8 Å². The average molecular weight is 474 g/mol. The molecule has 0 N–H and O–H groups in total. The van der Waals surface area contributed by atoms with Crippen molar-refractivity contribution in [3.05, 3.63) is 103 Å². The van der Waals surface area contributed by atoms with Crippen molar-refractivity contribution in [3.8, 4) is 16.8 Å². The molecule has 1 atom stereocenters. The SMILES string of the molecule is Cc1ccc(N2CCN(c3ncnc4c3c(-c3ccccc3)cn4-c3ccccc3C)C[C@H]2C)cc1. The first-order valence-corrected chi connectivity index (χ1v) is 12.7. The number of aromatic nitrogens is 3. The van der Waals surface area contributed by atoms with E-state index >= 15 is 0 Å². The van der Waals surface area contributed by atoms with E-state index in [-0.39, 0.29) is 0 Å². The highest BCUT2D eigenvalue weighted by molar-refractivity contribution is 6.02. The number of hydrogen-bond donors (Lipinski definition) is 0.